The van der Waals surface area contributed by atoms with Gasteiger partial charge in [-0.3, -0.25) is 4.79 Å². The van der Waals surface area contributed by atoms with Gasteiger partial charge in [0.15, 0.2) is 0 Å². The van der Waals surface area contributed by atoms with Crippen LogP contribution in [0.2, 0.25) is 0 Å². The van der Waals surface area contributed by atoms with Gasteiger partial charge in [-0.15, -0.1) is 0 Å². The molecule has 0 bridgehead atoms. The van der Waals surface area contributed by atoms with Crippen LogP contribution in [-0.2, 0) is 0 Å². The molecule has 0 aromatic heterocycles. The number of aryl methyl sites for hydroxylation is 1. The van der Waals surface area contributed by atoms with Crippen molar-refractivity contribution < 1.29 is 4.79 Å². The van der Waals surface area contributed by atoms with Crippen molar-refractivity contribution in [3.05, 3.63) is 65.2 Å². The first-order valence-corrected chi connectivity index (χ1v) is 7.85. The lowest BCUT2D eigenvalue weighted by molar-refractivity contribution is 0.100. The molecular weight excluding hydrogens is 272 g/mol. The zero-order valence-corrected chi connectivity index (χ0v) is 13.0. The van der Waals surface area contributed by atoms with Crippen molar-refractivity contribution >= 4 is 11.6 Å². The molecule has 0 radical (unpaired) electrons. The minimum atomic E-state index is -0.371. The predicted molar refractivity (Wildman–Crippen MR) is 90.3 cm³/mol. The summed E-state index contributed by atoms with van der Waals surface area (Å²) in [5.74, 6) is 0.284. The second kappa shape index (κ2) is 6.22. The third kappa shape index (κ3) is 3.14. The predicted octanol–water partition coefficient (Wildman–Crippen LogP) is 3.48. The standard InChI is InChI=1S/C19H22N2O/c1-14-2-4-15(5-3-14)16-10-12-21(13-11-16)18-8-6-17(7-9-18)19(20)22/h2-9,16H,10-13H2,1H3,(H2,20,22). The number of nitrogens with two attached hydrogens (primary N) is 1. The number of primary amides is 1. The Morgan fingerprint density at radius 1 is 1.00 bits per heavy atom. The molecule has 2 aromatic rings. The second-order valence-corrected chi connectivity index (χ2v) is 6.08. The highest BCUT2D eigenvalue weighted by molar-refractivity contribution is 5.93. The molecule has 3 heteroatoms. The van der Waals surface area contributed by atoms with Gasteiger partial charge in [0, 0.05) is 24.3 Å². The number of carbonyl (C=O) groups is 1. The van der Waals surface area contributed by atoms with Gasteiger partial charge in [0.25, 0.3) is 0 Å². The molecule has 0 saturated carbocycles. The average Bonchev–Trinajstić information content (AvgIpc) is 2.56. The number of anilines is 1. The Morgan fingerprint density at radius 2 is 1.59 bits per heavy atom. The molecule has 0 atom stereocenters. The van der Waals surface area contributed by atoms with E-state index in [2.05, 4.69) is 36.1 Å². The maximum atomic E-state index is 11.1. The van der Waals surface area contributed by atoms with Crippen LogP contribution in [0.3, 0.4) is 0 Å². The highest BCUT2D eigenvalue weighted by Gasteiger charge is 2.20. The minimum Gasteiger partial charge on any atom is -0.371 e. The van der Waals surface area contributed by atoms with Crippen LogP contribution in [-0.4, -0.2) is 19.0 Å². The van der Waals surface area contributed by atoms with Crippen LogP contribution in [0.25, 0.3) is 0 Å². The molecule has 3 rings (SSSR count). The lowest BCUT2D eigenvalue weighted by Crippen LogP contribution is -2.32. The fraction of sp³-hybridized carbons (Fsp3) is 0.316. The Morgan fingerprint density at radius 3 is 2.14 bits per heavy atom. The van der Waals surface area contributed by atoms with Gasteiger partial charge in [-0.1, -0.05) is 29.8 Å². The van der Waals surface area contributed by atoms with Crippen LogP contribution in [0.4, 0.5) is 5.69 Å². The van der Waals surface area contributed by atoms with Crippen LogP contribution in [0.5, 0.6) is 0 Å². The van der Waals surface area contributed by atoms with E-state index in [-0.39, 0.29) is 5.91 Å². The number of amides is 1. The van der Waals surface area contributed by atoms with Crippen molar-refractivity contribution in [2.24, 2.45) is 5.73 Å². The zero-order valence-electron chi connectivity index (χ0n) is 13.0. The Kier molecular flexibility index (Phi) is 4.14. The largest absolute Gasteiger partial charge is 0.371 e. The second-order valence-electron chi connectivity index (χ2n) is 6.08. The van der Waals surface area contributed by atoms with Gasteiger partial charge < -0.3 is 10.6 Å². The van der Waals surface area contributed by atoms with E-state index in [1.165, 1.54) is 29.7 Å². The van der Waals surface area contributed by atoms with E-state index in [0.29, 0.717) is 11.5 Å². The van der Waals surface area contributed by atoms with Crippen molar-refractivity contribution in [3.8, 4) is 0 Å². The molecule has 3 nitrogen and oxygen atoms in total. The molecule has 1 fully saturated rings. The molecule has 114 valence electrons. The Bertz CT molecular complexity index is 638. The number of piperidine rings is 1. The number of nitrogens with zero attached hydrogens (tertiary/aromatic N) is 1. The maximum absolute atomic E-state index is 11.1. The lowest BCUT2D eigenvalue weighted by Gasteiger charge is -2.34. The quantitative estimate of drug-likeness (QED) is 0.942. The van der Waals surface area contributed by atoms with Crippen LogP contribution in [0, 0.1) is 6.92 Å². The molecule has 0 unspecified atom stereocenters. The highest BCUT2D eigenvalue weighted by atomic mass is 16.1. The summed E-state index contributed by atoms with van der Waals surface area (Å²) in [5, 5.41) is 0. The maximum Gasteiger partial charge on any atom is 0.248 e. The number of carbonyl (C=O) groups excluding carboxylic acids is 1. The monoisotopic (exact) mass is 294 g/mol. The highest BCUT2D eigenvalue weighted by Crippen LogP contribution is 2.30. The van der Waals surface area contributed by atoms with Crippen molar-refractivity contribution in [2.45, 2.75) is 25.7 Å². The van der Waals surface area contributed by atoms with Gasteiger partial charge in [-0.05, 0) is 55.5 Å². The smallest absolute Gasteiger partial charge is 0.248 e. The van der Waals surface area contributed by atoms with Crippen LogP contribution >= 0.6 is 0 Å². The van der Waals surface area contributed by atoms with E-state index >= 15 is 0 Å². The number of hydrogen-bond donors (Lipinski definition) is 1. The minimum absolute atomic E-state index is 0.371. The van der Waals surface area contributed by atoms with Gasteiger partial charge in [0.1, 0.15) is 0 Å². The summed E-state index contributed by atoms with van der Waals surface area (Å²) < 4.78 is 0. The van der Waals surface area contributed by atoms with Crippen molar-refractivity contribution in [3.63, 3.8) is 0 Å². The average molecular weight is 294 g/mol. The van der Waals surface area contributed by atoms with Crippen molar-refractivity contribution in [2.75, 3.05) is 18.0 Å². The van der Waals surface area contributed by atoms with Gasteiger partial charge in [0.05, 0.1) is 0 Å². The fourth-order valence-corrected chi connectivity index (χ4v) is 3.15. The summed E-state index contributed by atoms with van der Waals surface area (Å²) in [6, 6.07) is 16.5. The van der Waals surface area contributed by atoms with Gasteiger partial charge in [-0.2, -0.15) is 0 Å². The Labute approximate surface area is 131 Å². The first-order valence-electron chi connectivity index (χ1n) is 7.85. The summed E-state index contributed by atoms with van der Waals surface area (Å²) in [4.78, 5) is 13.5. The number of rotatable bonds is 3. The fourth-order valence-electron chi connectivity index (χ4n) is 3.15. The SMILES string of the molecule is Cc1ccc(C2CCN(c3ccc(C(N)=O)cc3)CC2)cc1. The molecular formula is C19H22N2O. The third-order valence-electron chi connectivity index (χ3n) is 4.56. The number of benzene rings is 2. The van der Waals surface area contributed by atoms with E-state index in [0.717, 1.165) is 13.1 Å². The summed E-state index contributed by atoms with van der Waals surface area (Å²) >= 11 is 0. The van der Waals surface area contributed by atoms with E-state index in [4.69, 9.17) is 5.73 Å². The van der Waals surface area contributed by atoms with Crippen LogP contribution < -0.4 is 10.6 Å². The van der Waals surface area contributed by atoms with Crippen molar-refractivity contribution in [1.29, 1.82) is 0 Å². The van der Waals surface area contributed by atoms with E-state index in [1.54, 1.807) is 0 Å². The van der Waals surface area contributed by atoms with Gasteiger partial charge in [0.2, 0.25) is 5.91 Å². The molecule has 1 amide bonds. The summed E-state index contributed by atoms with van der Waals surface area (Å²) in [5.41, 5.74) is 9.79. The molecule has 22 heavy (non-hydrogen) atoms. The Hall–Kier alpha value is -2.29. The topological polar surface area (TPSA) is 46.3 Å². The van der Waals surface area contributed by atoms with E-state index < -0.39 is 0 Å². The van der Waals surface area contributed by atoms with Gasteiger partial charge in [-0.25, -0.2) is 0 Å². The van der Waals surface area contributed by atoms with Crippen LogP contribution in [0.1, 0.15) is 40.2 Å². The molecule has 0 aliphatic carbocycles. The van der Waals surface area contributed by atoms with E-state index in [1.807, 2.05) is 24.3 Å². The van der Waals surface area contributed by atoms with Gasteiger partial charge >= 0.3 is 0 Å². The molecule has 1 aliphatic rings. The van der Waals surface area contributed by atoms with Crippen LogP contribution in [0.15, 0.2) is 48.5 Å². The molecule has 1 aliphatic heterocycles. The van der Waals surface area contributed by atoms with E-state index in [9.17, 15) is 4.79 Å². The first kappa shape index (κ1) is 14.6. The zero-order chi connectivity index (χ0) is 15.5. The molecule has 0 spiro atoms. The number of hydrogen-bond acceptors (Lipinski definition) is 2. The summed E-state index contributed by atoms with van der Waals surface area (Å²) in [6.45, 7) is 4.23. The lowest BCUT2D eigenvalue weighted by atomic mass is 9.89. The van der Waals surface area contributed by atoms with Crippen molar-refractivity contribution in [1.82, 2.24) is 0 Å². The molecule has 2 N–H and O–H groups in total. The molecule has 1 heterocycles. The molecule has 1 saturated heterocycles. The molecule has 2 aromatic carbocycles. The Balaban J connectivity index is 1.63. The summed E-state index contributed by atoms with van der Waals surface area (Å²) in [6.07, 6.45) is 2.33. The summed E-state index contributed by atoms with van der Waals surface area (Å²) in [7, 11) is 0. The first-order chi connectivity index (χ1) is 10.6. The third-order valence-corrected chi connectivity index (χ3v) is 4.56. The normalized spacial score (nSPS) is 15.8.